The van der Waals surface area contributed by atoms with E-state index in [4.69, 9.17) is 15.2 Å². The van der Waals surface area contributed by atoms with Crippen LogP contribution < -0.4 is 10.5 Å². The molecule has 0 heterocycles. The zero-order chi connectivity index (χ0) is 10.7. The first-order valence-electron chi connectivity index (χ1n) is 5.33. The molecule has 1 fully saturated rings. The maximum atomic E-state index is 5.80. The molecule has 0 radical (unpaired) electrons. The van der Waals surface area contributed by atoms with Crippen molar-refractivity contribution >= 4 is 5.69 Å². The van der Waals surface area contributed by atoms with Crippen molar-refractivity contribution in [1.82, 2.24) is 0 Å². The van der Waals surface area contributed by atoms with Crippen molar-refractivity contribution in [2.75, 3.05) is 19.1 Å². The van der Waals surface area contributed by atoms with Crippen LogP contribution in [-0.2, 0) is 4.74 Å². The van der Waals surface area contributed by atoms with Crippen LogP contribution in [-0.4, -0.2) is 13.4 Å². The van der Waals surface area contributed by atoms with Gasteiger partial charge in [0.25, 0.3) is 0 Å². The third kappa shape index (κ3) is 2.86. The van der Waals surface area contributed by atoms with Gasteiger partial charge in [0.1, 0.15) is 5.75 Å². The number of nitrogen functional groups attached to an aromatic ring is 1. The summed E-state index contributed by atoms with van der Waals surface area (Å²) in [5.41, 5.74) is 7.51. The van der Waals surface area contributed by atoms with E-state index in [0.717, 1.165) is 23.8 Å². The van der Waals surface area contributed by atoms with Gasteiger partial charge in [-0.25, -0.2) is 0 Å². The normalized spacial score (nSPS) is 15.3. The third-order valence-corrected chi connectivity index (χ3v) is 2.58. The first-order chi connectivity index (χ1) is 7.27. The highest BCUT2D eigenvalue weighted by Gasteiger charge is 2.21. The van der Waals surface area contributed by atoms with Crippen LogP contribution in [0.25, 0.3) is 0 Å². The molecule has 0 spiro atoms. The third-order valence-electron chi connectivity index (χ3n) is 2.58. The van der Waals surface area contributed by atoms with E-state index in [0.29, 0.717) is 12.5 Å². The van der Waals surface area contributed by atoms with Crippen molar-refractivity contribution in [1.29, 1.82) is 0 Å². The van der Waals surface area contributed by atoms with Gasteiger partial charge in [0, 0.05) is 0 Å². The van der Waals surface area contributed by atoms with Crippen LogP contribution in [0.4, 0.5) is 5.69 Å². The summed E-state index contributed by atoms with van der Waals surface area (Å²) in [6, 6.07) is 5.73. The fourth-order valence-corrected chi connectivity index (χ4v) is 1.47. The molecule has 1 aliphatic rings. The monoisotopic (exact) mass is 207 g/mol. The molecule has 15 heavy (non-hydrogen) atoms. The maximum Gasteiger partial charge on any atom is 0.189 e. The van der Waals surface area contributed by atoms with E-state index >= 15 is 0 Å². The highest BCUT2D eigenvalue weighted by Crippen LogP contribution is 2.29. The van der Waals surface area contributed by atoms with Crippen molar-refractivity contribution in [3.63, 3.8) is 0 Å². The summed E-state index contributed by atoms with van der Waals surface area (Å²) in [5.74, 6) is 1.51. The van der Waals surface area contributed by atoms with Gasteiger partial charge in [-0.05, 0) is 37.3 Å². The SMILES string of the molecule is Cc1cccc(N)c1OCOCC1CC1. The zero-order valence-electron chi connectivity index (χ0n) is 9.03. The number of ether oxygens (including phenoxy) is 2. The maximum absolute atomic E-state index is 5.80. The molecular weight excluding hydrogens is 190 g/mol. The van der Waals surface area contributed by atoms with Crippen LogP contribution >= 0.6 is 0 Å². The van der Waals surface area contributed by atoms with E-state index in [2.05, 4.69) is 0 Å². The van der Waals surface area contributed by atoms with Crippen LogP contribution in [0.15, 0.2) is 18.2 Å². The number of benzene rings is 1. The molecule has 0 bridgehead atoms. The fourth-order valence-electron chi connectivity index (χ4n) is 1.47. The van der Waals surface area contributed by atoms with E-state index in [1.807, 2.05) is 25.1 Å². The second kappa shape index (κ2) is 4.53. The smallest absolute Gasteiger partial charge is 0.189 e. The number of anilines is 1. The number of para-hydroxylation sites is 1. The second-order valence-corrected chi connectivity index (χ2v) is 4.07. The van der Waals surface area contributed by atoms with E-state index in [9.17, 15) is 0 Å². The van der Waals surface area contributed by atoms with Crippen LogP contribution in [0.5, 0.6) is 5.75 Å². The molecule has 0 atom stereocenters. The predicted molar refractivity (Wildman–Crippen MR) is 59.8 cm³/mol. The van der Waals surface area contributed by atoms with Crippen molar-refractivity contribution in [3.05, 3.63) is 23.8 Å². The molecule has 1 saturated carbocycles. The lowest BCUT2D eigenvalue weighted by molar-refractivity contribution is 0.0100. The molecule has 0 amide bonds. The largest absolute Gasteiger partial charge is 0.465 e. The molecule has 0 unspecified atom stereocenters. The molecule has 3 nitrogen and oxygen atoms in total. The minimum absolute atomic E-state index is 0.297. The highest BCUT2D eigenvalue weighted by molar-refractivity contribution is 5.56. The van der Waals surface area contributed by atoms with Crippen LogP contribution in [0, 0.1) is 12.8 Å². The molecule has 1 aliphatic carbocycles. The first kappa shape index (κ1) is 10.3. The van der Waals surface area contributed by atoms with Crippen LogP contribution in [0.2, 0.25) is 0 Å². The molecule has 82 valence electrons. The van der Waals surface area contributed by atoms with Gasteiger partial charge in [-0.1, -0.05) is 12.1 Å². The molecule has 0 aliphatic heterocycles. The number of hydrogen-bond acceptors (Lipinski definition) is 3. The number of aryl methyl sites for hydroxylation is 1. The van der Waals surface area contributed by atoms with Crippen LogP contribution in [0.3, 0.4) is 0 Å². The first-order valence-corrected chi connectivity index (χ1v) is 5.33. The molecular formula is C12H17NO2. The molecule has 2 rings (SSSR count). The summed E-state index contributed by atoms with van der Waals surface area (Å²) < 4.78 is 10.9. The van der Waals surface area contributed by atoms with Crippen molar-refractivity contribution in [2.45, 2.75) is 19.8 Å². The molecule has 0 aromatic heterocycles. The van der Waals surface area contributed by atoms with Gasteiger partial charge >= 0.3 is 0 Å². The van der Waals surface area contributed by atoms with Gasteiger partial charge < -0.3 is 15.2 Å². The molecule has 1 aromatic rings. The zero-order valence-corrected chi connectivity index (χ0v) is 9.03. The molecule has 2 N–H and O–H groups in total. The summed E-state index contributed by atoms with van der Waals surface area (Å²) in [6.45, 7) is 3.09. The van der Waals surface area contributed by atoms with Crippen LogP contribution in [0.1, 0.15) is 18.4 Å². The Bertz CT molecular complexity index is 314. The van der Waals surface area contributed by atoms with Crippen molar-refractivity contribution < 1.29 is 9.47 Å². The van der Waals surface area contributed by atoms with Gasteiger partial charge in [-0.2, -0.15) is 0 Å². The highest BCUT2D eigenvalue weighted by atomic mass is 16.7. The molecule has 1 aromatic carbocycles. The van der Waals surface area contributed by atoms with Gasteiger partial charge in [0.2, 0.25) is 0 Å². The van der Waals surface area contributed by atoms with E-state index < -0.39 is 0 Å². The lowest BCUT2D eigenvalue weighted by Crippen LogP contribution is -2.07. The van der Waals surface area contributed by atoms with Gasteiger partial charge in [0.15, 0.2) is 6.79 Å². The minimum Gasteiger partial charge on any atom is -0.465 e. The Morgan fingerprint density at radius 3 is 2.87 bits per heavy atom. The molecule has 0 saturated heterocycles. The summed E-state index contributed by atoms with van der Waals surface area (Å²) in [6.07, 6.45) is 2.60. The quantitative estimate of drug-likeness (QED) is 0.458. The molecule has 3 heteroatoms. The number of rotatable bonds is 5. The topological polar surface area (TPSA) is 44.5 Å². The summed E-state index contributed by atoms with van der Waals surface area (Å²) in [7, 11) is 0. The van der Waals surface area contributed by atoms with Crippen molar-refractivity contribution in [2.24, 2.45) is 5.92 Å². The van der Waals surface area contributed by atoms with E-state index in [1.54, 1.807) is 0 Å². The Morgan fingerprint density at radius 2 is 2.20 bits per heavy atom. The van der Waals surface area contributed by atoms with E-state index in [-0.39, 0.29) is 0 Å². The summed E-state index contributed by atoms with van der Waals surface area (Å²) >= 11 is 0. The van der Waals surface area contributed by atoms with Crippen molar-refractivity contribution in [3.8, 4) is 5.75 Å². The second-order valence-electron chi connectivity index (χ2n) is 4.07. The predicted octanol–water partition coefficient (Wildman–Crippen LogP) is 2.34. The Balaban J connectivity index is 1.80. The average molecular weight is 207 g/mol. The standard InChI is InChI=1S/C12H17NO2/c1-9-3-2-4-11(13)12(9)15-8-14-7-10-5-6-10/h2-4,10H,5-8,13H2,1H3. The minimum atomic E-state index is 0.297. The van der Waals surface area contributed by atoms with Gasteiger partial charge in [-0.15, -0.1) is 0 Å². The average Bonchev–Trinajstić information content (AvgIpc) is 3.00. The number of hydrogen-bond donors (Lipinski definition) is 1. The Labute approximate surface area is 90.2 Å². The lowest BCUT2D eigenvalue weighted by Gasteiger charge is -2.11. The van der Waals surface area contributed by atoms with Gasteiger partial charge in [0.05, 0.1) is 12.3 Å². The summed E-state index contributed by atoms with van der Waals surface area (Å²) in [4.78, 5) is 0. The van der Waals surface area contributed by atoms with Gasteiger partial charge in [-0.3, -0.25) is 0 Å². The lowest BCUT2D eigenvalue weighted by atomic mass is 10.2. The fraction of sp³-hybridized carbons (Fsp3) is 0.500. The Morgan fingerprint density at radius 1 is 1.40 bits per heavy atom. The summed E-state index contributed by atoms with van der Waals surface area (Å²) in [5, 5.41) is 0. The Hall–Kier alpha value is -1.22. The van der Waals surface area contributed by atoms with E-state index in [1.165, 1.54) is 12.8 Å². The number of nitrogens with two attached hydrogens (primary N) is 1. The Kier molecular flexibility index (Phi) is 3.11.